The summed E-state index contributed by atoms with van der Waals surface area (Å²) in [6.07, 6.45) is 6.35. The number of nitrogens with zero attached hydrogens (tertiary/aromatic N) is 3. The zero-order valence-corrected chi connectivity index (χ0v) is 12.2. The minimum atomic E-state index is 0.182. The Morgan fingerprint density at radius 1 is 1.11 bits per heavy atom. The molecule has 3 aliphatic rings. The van der Waals surface area contributed by atoms with Crippen molar-refractivity contribution in [3.63, 3.8) is 0 Å². The van der Waals surface area contributed by atoms with Gasteiger partial charge in [0, 0.05) is 43.1 Å². The first kappa shape index (κ1) is 12.1. The van der Waals surface area contributed by atoms with E-state index in [4.69, 9.17) is 10.7 Å². The Bertz CT molecular complexity index is 460. The minimum Gasteiger partial charge on any atom is -0.346 e. The molecule has 1 aromatic heterocycles. The Kier molecular flexibility index (Phi) is 3.01. The lowest BCUT2D eigenvalue weighted by Crippen LogP contribution is -2.47. The Balaban J connectivity index is 1.47. The van der Waals surface area contributed by atoms with Crippen LogP contribution in [0.4, 0.5) is 5.13 Å². The third-order valence-corrected chi connectivity index (χ3v) is 5.83. The Morgan fingerprint density at radius 2 is 1.89 bits per heavy atom. The molecule has 1 saturated carbocycles. The van der Waals surface area contributed by atoms with Crippen molar-refractivity contribution in [2.24, 2.45) is 5.73 Å². The SMILES string of the molecule is NC1CCCc2sc(N3CCN(C4CC4)CC3)nc21. The summed E-state index contributed by atoms with van der Waals surface area (Å²) in [4.78, 5) is 11.4. The average Bonchev–Trinajstić information content (AvgIpc) is 3.19. The van der Waals surface area contributed by atoms with Crippen molar-refractivity contribution in [2.45, 2.75) is 44.2 Å². The van der Waals surface area contributed by atoms with Gasteiger partial charge in [-0.2, -0.15) is 0 Å². The maximum absolute atomic E-state index is 6.18. The van der Waals surface area contributed by atoms with E-state index in [0.29, 0.717) is 0 Å². The van der Waals surface area contributed by atoms with Gasteiger partial charge in [-0.1, -0.05) is 0 Å². The molecular weight excluding hydrogens is 256 g/mol. The molecule has 1 aromatic rings. The van der Waals surface area contributed by atoms with Gasteiger partial charge in [0.2, 0.25) is 0 Å². The number of hydrogen-bond acceptors (Lipinski definition) is 5. The number of aromatic nitrogens is 1. The maximum atomic E-state index is 6.18. The summed E-state index contributed by atoms with van der Waals surface area (Å²) in [6, 6.07) is 1.08. The fourth-order valence-corrected chi connectivity index (χ4v) is 4.52. The third kappa shape index (κ3) is 2.28. The average molecular weight is 278 g/mol. The molecular formula is C14H22N4S. The Labute approximate surface area is 118 Å². The highest BCUT2D eigenvalue weighted by Crippen LogP contribution is 2.36. The molecule has 4 rings (SSSR count). The molecule has 1 unspecified atom stereocenters. The first-order valence-corrected chi connectivity index (χ1v) is 8.37. The monoisotopic (exact) mass is 278 g/mol. The lowest BCUT2D eigenvalue weighted by Gasteiger charge is -2.34. The van der Waals surface area contributed by atoms with E-state index in [-0.39, 0.29) is 6.04 Å². The Morgan fingerprint density at radius 3 is 2.58 bits per heavy atom. The van der Waals surface area contributed by atoms with Crippen LogP contribution in [0.3, 0.4) is 0 Å². The molecule has 0 radical (unpaired) electrons. The first-order valence-electron chi connectivity index (χ1n) is 7.55. The van der Waals surface area contributed by atoms with E-state index in [0.717, 1.165) is 25.6 Å². The second-order valence-electron chi connectivity index (χ2n) is 6.06. The molecule has 1 saturated heterocycles. The number of aryl methyl sites for hydroxylation is 1. The number of fused-ring (bicyclic) bond motifs is 1. The van der Waals surface area contributed by atoms with E-state index in [1.54, 1.807) is 0 Å². The van der Waals surface area contributed by atoms with E-state index < -0.39 is 0 Å². The van der Waals surface area contributed by atoms with Gasteiger partial charge in [-0.15, -0.1) is 11.3 Å². The van der Waals surface area contributed by atoms with Crippen LogP contribution in [0.5, 0.6) is 0 Å². The summed E-state index contributed by atoms with van der Waals surface area (Å²) in [7, 11) is 0. The van der Waals surface area contributed by atoms with Crippen LogP contribution in [0.25, 0.3) is 0 Å². The zero-order chi connectivity index (χ0) is 12.8. The number of hydrogen-bond donors (Lipinski definition) is 1. The summed E-state index contributed by atoms with van der Waals surface area (Å²) in [5.41, 5.74) is 7.37. The Hall–Kier alpha value is -0.650. The molecule has 0 spiro atoms. The van der Waals surface area contributed by atoms with Crippen LogP contribution in [-0.2, 0) is 6.42 Å². The van der Waals surface area contributed by atoms with E-state index in [2.05, 4.69) is 9.80 Å². The number of piperazine rings is 1. The predicted molar refractivity (Wildman–Crippen MR) is 78.8 cm³/mol. The summed E-state index contributed by atoms with van der Waals surface area (Å²) in [5.74, 6) is 0. The van der Waals surface area contributed by atoms with Crippen LogP contribution in [0.1, 0.15) is 42.3 Å². The van der Waals surface area contributed by atoms with Gasteiger partial charge in [0.1, 0.15) is 0 Å². The zero-order valence-electron chi connectivity index (χ0n) is 11.3. The molecule has 2 aliphatic carbocycles. The molecule has 2 N–H and O–H groups in total. The number of nitrogens with two attached hydrogens (primary N) is 1. The molecule has 19 heavy (non-hydrogen) atoms. The molecule has 5 heteroatoms. The largest absolute Gasteiger partial charge is 0.346 e. The predicted octanol–water partition coefficient (Wildman–Crippen LogP) is 1.76. The molecule has 2 fully saturated rings. The van der Waals surface area contributed by atoms with Crippen molar-refractivity contribution in [1.82, 2.24) is 9.88 Å². The maximum Gasteiger partial charge on any atom is 0.185 e. The minimum absolute atomic E-state index is 0.182. The second-order valence-corrected chi connectivity index (χ2v) is 7.12. The normalized spacial score (nSPS) is 28.5. The van der Waals surface area contributed by atoms with Gasteiger partial charge in [0.05, 0.1) is 5.69 Å². The van der Waals surface area contributed by atoms with E-state index in [9.17, 15) is 0 Å². The molecule has 0 bridgehead atoms. The van der Waals surface area contributed by atoms with Crippen LogP contribution >= 0.6 is 11.3 Å². The van der Waals surface area contributed by atoms with Gasteiger partial charge in [-0.05, 0) is 32.1 Å². The lowest BCUT2D eigenvalue weighted by molar-refractivity contribution is 0.248. The van der Waals surface area contributed by atoms with E-state index in [1.807, 2.05) is 11.3 Å². The van der Waals surface area contributed by atoms with Crippen molar-refractivity contribution in [3.05, 3.63) is 10.6 Å². The topological polar surface area (TPSA) is 45.4 Å². The van der Waals surface area contributed by atoms with Crippen LogP contribution in [0.2, 0.25) is 0 Å². The van der Waals surface area contributed by atoms with Gasteiger partial charge in [-0.3, -0.25) is 4.90 Å². The lowest BCUT2D eigenvalue weighted by atomic mass is 9.99. The molecule has 0 aromatic carbocycles. The van der Waals surface area contributed by atoms with Gasteiger partial charge >= 0.3 is 0 Å². The summed E-state index contributed by atoms with van der Waals surface area (Å²) in [6.45, 7) is 4.69. The molecule has 1 atom stereocenters. The van der Waals surface area contributed by atoms with Crippen molar-refractivity contribution < 1.29 is 0 Å². The van der Waals surface area contributed by atoms with Crippen LogP contribution < -0.4 is 10.6 Å². The van der Waals surface area contributed by atoms with Crippen molar-refractivity contribution in [1.29, 1.82) is 0 Å². The van der Waals surface area contributed by atoms with Crippen molar-refractivity contribution in [3.8, 4) is 0 Å². The standard InChI is InChI=1S/C14H22N4S/c15-11-2-1-3-12-13(11)16-14(19-12)18-8-6-17(7-9-18)10-4-5-10/h10-11H,1-9,15H2. The smallest absolute Gasteiger partial charge is 0.185 e. The van der Waals surface area contributed by atoms with Crippen molar-refractivity contribution in [2.75, 3.05) is 31.1 Å². The van der Waals surface area contributed by atoms with Crippen LogP contribution in [-0.4, -0.2) is 42.1 Å². The highest BCUT2D eigenvalue weighted by atomic mass is 32.1. The molecule has 104 valence electrons. The van der Waals surface area contributed by atoms with Gasteiger partial charge in [-0.25, -0.2) is 4.98 Å². The number of anilines is 1. The fourth-order valence-electron chi connectivity index (χ4n) is 3.29. The van der Waals surface area contributed by atoms with E-state index >= 15 is 0 Å². The highest BCUT2D eigenvalue weighted by Gasteiger charge is 2.32. The van der Waals surface area contributed by atoms with Gasteiger partial charge < -0.3 is 10.6 Å². The highest BCUT2D eigenvalue weighted by molar-refractivity contribution is 7.15. The van der Waals surface area contributed by atoms with Gasteiger partial charge in [0.25, 0.3) is 0 Å². The third-order valence-electron chi connectivity index (χ3n) is 4.63. The van der Waals surface area contributed by atoms with Crippen molar-refractivity contribution >= 4 is 16.5 Å². The second kappa shape index (κ2) is 4.72. The van der Waals surface area contributed by atoms with Crippen LogP contribution in [0.15, 0.2) is 0 Å². The first-order chi connectivity index (χ1) is 9.31. The fraction of sp³-hybridized carbons (Fsp3) is 0.786. The molecule has 4 nitrogen and oxygen atoms in total. The molecule has 1 aliphatic heterocycles. The quantitative estimate of drug-likeness (QED) is 0.895. The number of rotatable bonds is 2. The molecule has 0 amide bonds. The number of thiazole rings is 1. The van der Waals surface area contributed by atoms with E-state index in [1.165, 1.54) is 54.5 Å². The van der Waals surface area contributed by atoms with Gasteiger partial charge in [0.15, 0.2) is 5.13 Å². The summed E-state index contributed by atoms with van der Waals surface area (Å²) in [5, 5.41) is 1.22. The van der Waals surface area contributed by atoms with Crippen LogP contribution in [0, 0.1) is 0 Å². The summed E-state index contributed by atoms with van der Waals surface area (Å²) < 4.78 is 0. The molecule has 2 heterocycles. The summed E-state index contributed by atoms with van der Waals surface area (Å²) >= 11 is 1.89.